The van der Waals surface area contributed by atoms with Crippen LogP contribution in [-0.4, -0.2) is 18.9 Å². The Labute approximate surface area is 191 Å². The maximum Gasteiger partial charge on any atom is 0.319 e. The molecular formula is C26H23FN2O4. The summed E-state index contributed by atoms with van der Waals surface area (Å²) in [6.07, 6.45) is 0. The van der Waals surface area contributed by atoms with E-state index in [1.54, 1.807) is 61.5 Å². The summed E-state index contributed by atoms with van der Waals surface area (Å²) in [5.41, 5.74) is 2.95. The minimum Gasteiger partial charge on any atom is -0.493 e. The Bertz CT molecular complexity index is 1210. The number of hydrogen-bond donors (Lipinski definition) is 2. The van der Waals surface area contributed by atoms with Gasteiger partial charge < -0.3 is 20.1 Å². The van der Waals surface area contributed by atoms with Crippen LogP contribution in [0.25, 0.3) is 0 Å². The molecule has 0 saturated heterocycles. The first kappa shape index (κ1) is 22.1. The van der Waals surface area contributed by atoms with Gasteiger partial charge in [0.1, 0.15) is 12.4 Å². The van der Waals surface area contributed by atoms with Crippen molar-refractivity contribution in [2.75, 3.05) is 7.11 Å². The van der Waals surface area contributed by atoms with Crippen LogP contribution in [0.3, 0.4) is 0 Å². The molecule has 168 valence electrons. The number of ether oxygens (including phenoxy) is 2. The zero-order valence-electron chi connectivity index (χ0n) is 18.2. The lowest BCUT2D eigenvalue weighted by molar-refractivity contribution is 0.102. The number of urea groups is 1. The van der Waals surface area contributed by atoms with E-state index >= 15 is 0 Å². The van der Waals surface area contributed by atoms with Gasteiger partial charge in [-0.3, -0.25) is 4.79 Å². The summed E-state index contributed by atoms with van der Waals surface area (Å²) in [6.45, 7) is 1.94. The monoisotopic (exact) mass is 446 g/mol. The van der Waals surface area contributed by atoms with Crippen LogP contribution in [0.4, 0.5) is 9.18 Å². The quantitative estimate of drug-likeness (QED) is 0.505. The van der Waals surface area contributed by atoms with Crippen molar-refractivity contribution in [3.8, 4) is 11.5 Å². The zero-order chi connectivity index (χ0) is 23.4. The normalized spacial score (nSPS) is 15.5. The molecule has 3 aromatic carbocycles. The third-order valence-corrected chi connectivity index (χ3v) is 5.38. The molecule has 1 atom stereocenters. The van der Waals surface area contributed by atoms with Crippen molar-refractivity contribution in [1.82, 2.24) is 10.6 Å². The molecule has 0 radical (unpaired) electrons. The van der Waals surface area contributed by atoms with Gasteiger partial charge in [0.15, 0.2) is 17.3 Å². The van der Waals surface area contributed by atoms with Crippen molar-refractivity contribution in [2.45, 2.75) is 19.6 Å². The summed E-state index contributed by atoms with van der Waals surface area (Å²) in [7, 11) is 1.52. The molecule has 2 N–H and O–H groups in total. The van der Waals surface area contributed by atoms with Gasteiger partial charge in [-0.2, -0.15) is 0 Å². The molecular weight excluding hydrogens is 423 g/mol. The van der Waals surface area contributed by atoms with E-state index in [1.165, 1.54) is 19.2 Å². The number of rotatable bonds is 7. The van der Waals surface area contributed by atoms with E-state index < -0.39 is 12.1 Å². The largest absolute Gasteiger partial charge is 0.493 e. The highest BCUT2D eigenvalue weighted by Crippen LogP contribution is 2.35. The van der Waals surface area contributed by atoms with Crippen molar-refractivity contribution >= 4 is 11.8 Å². The maximum absolute atomic E-state index is 13.3. The van der Waals surface area contributed by atoms with Crippen LogP contribution in [0, 0.1) is 5.82 Å². The number of halogens is 1. The molecule has 2 amide bonds. The predicted octanol–water partition coefficient (Wildman–Crippen LogP) is 4.92. The van der Waals surface area contributed by atoms with Gasteiger partial charge in [-0.05, 0) is 42.3 Å². The minimum absolute atomic E-state index is 0.179. The number of carbonyl (C=O) groups excluding carboxylic acids is 2. The molecule has 0 saturated carbocycles. The zero-order valence-corrected chi connectivity index (χ0v) is 18.2. The predicted molar refractivity (Wildman–Crippen MR) is 122 cm³/mol. The summed E-state index contributed by atoms with van der Waals surface area (Å²) in [5.74, 6) is 0.448. The molecule has 1 heterocycles. The van der Waals surface area contributed by atoms with E-state index in [1.807, 2.05) is 6.07 Å². The van der Waals surface area contributed by atoms with Crippen molar-refractivity contribution in [3.05, 3.63) is 107 Å². The van der Waals surface area contributed by atoms with Crippen LogP contribution >= 0.6 is 0 Å². The summed E-state index contributed by atoms with van der Waals surface area (Å²) in [6, 6.07) is 19.1. The number of benzene rings is 3. The van der Waals surface area contributed by atoms with Gasteiger partial charge in [0, 0.05) is 16.8 Å². The van der Waals surface area contributed by atoms with Gasteiger partial charge in [-0.1, -0.05) is 48.5 Å². The summed E-state index contributed by atoms with van der Waals surface area (Å²) < 4.78 is 24.5. The average Bonchev–Trinajstić information content (AvgIpc) is 2.83. The minimum atomic E-state index is -0.661. The first-order valence-corrected chi connectivity index (χ1v) is 10.4. The van der Waals surface area contributed by atoms with Gasteiger partial charge in [0.05, 0.1) is 13.2 Å². The summed E-state index contributed by atoms with van der Waals surface area (Å²) in [4.78, 5) is 25.5. The molecule has 1 aliphatic heterocycles. The third kappa shape index (κ3) is 4.87. The second kappa shape index (κ2) is 9.56. The topological polar surface area (TPSA) is 76.7 Å². The third-order valence-electron chi connectivity index (χ3n) is 5.38. The van der Waals surface area contributed by atoms with Gasteiger partial charge in [-0.15, -0.1) is 0 Å². The first-order chi connectivity index (χ1) is 16.0. The van der Waals surface area contributed by atoms with Crippen LogP contribution in [0.1, 0.15) is 34.5 Å². The SMILES string of the molecule is COc1cc(C2NC(=O)NC(C)=C2C(=O)c2ccccc2)ccc1OCc1ccc(F)cc1. The lowest BCUT2D eigenvalue weighted by Crippen LogP contribution is -2.45. The Morgan fingerprint density at radius 3 is 2.42 bits per heavy atom. The van der Waals surface area contributed by atoms with Crippen LogP contribution < -0.4 is 20.1 Å². The fraction of sp³-hybridized carbons (Fsp3) is 0.154. The molecule has 7 heteroatoms. The fourth-order valence-electron chi connectivity index (χ4n) is 3.71. The van der Waals surface area contributed by atoms with E-state index in [0.29, 0.717) is 33.9 Å². The molecule has 0 aromatic heterocycles. The number of methoxy groups -OCH3 is 1. The molecule has 33 heavy (non-hydrogen) atoms. The molecule has 4 rings (SSSR count). The number of nitrogens with one attached hydrogen (secondary N) is 2. The second-order valence-electron chi connectivity index (χ2n) is 7.59. The van der Waals surface area contributed by atoms with Crippen LogP contribution in [0.15, 0.2) is 84.1 Å². The Kier molecular flexibility index (Phi) is 6.40. The molecule has 0 aliphatic carbocycles. The molecule has 6 nitrogen and oxygen atoms in total. The Balaban J connectivity index is 1.63. The van der Waals surface area contributed by atoms with Gasteiger partial charge in [0.2, 0.25) is 0 Å². The highest BCUT2D eigenvalue weighted by molar-refractivity contribution is 6.11. The standard InChI is InChI=1S/C26H23FN2O4/c1-16-23(25(30)18-6-4-3-5-7-18)24(29-26(31)28-16)19-10-13-21(22(14-19)32-2)33-15-17-8-11-20(27)12-9-17/h3-14,24H,15H2,1-2H3,(H2,28,29,31). The van der Waals surface area contributed by atoms with E-state index in [9.17, 15) is 14.0 Å². The summed E-state index contributed by atoms with van der Waals surface area (Å²) in [5, 5.41) is 5.53. The highest BCUT2D eigenvalue weighted by atomic mass is 19.1. The lowest BCUT2D eigenvalue weighted by Gasteiger charge is -2.29. The maximum atomic E-state index is 13.3. The number of allylic oxidation sites excluding steroid dienone is 1. The molecule has 1 aliphatic rings. The highest BCUT2D eigenvalue weighted by Gasteiger charge is 2.32. The van der Waals surface area contributed by atoms with Crippen molar-refractivity contribution in [2.24, 2.45) is 0 Å². The second-order valence-corrected chi connectivity index (χ2v) is 7.59. The van der Waals surface area contributed by atoms with Gasteiger partial charge in [-0.25, -0.2) is 9.18 Å². The molecule has 0 fully saturated rings. The van der Waals surface area contributed by atoms with E-state index in [0.717, 1.165) is 5.56 Å². The summed E-state index contributed by atoms with van der Waals surface area (Å²) >= 11 is 0. The Morgan fingerprint density at radius 1 is 1.00 bits per heavy atom. The number of ketones is 1. The molecule has 1 unspecified atom stereocenters. The van der Waals surface area contributed by atoms with Crippen molar-refractivity contribution in [1.29, 1.82) is 0 Å². The smallest absolute Gasteiger partial charge is 0.319 e. The van der Waals surface area contributed by atoms with E-state index in [-0.39, 0.29) is 18.2 Å². The Hall–Kier alpha value is -4.13. The van der Waals surface area contributed by atoms with Crippen molar-refractivity contribution in [3.63, 3.8) is 0 Å². The molecule has 0 bridgehead atoms. The van der Waals surface area contributed by atoms with Crippen LogP contribution in [-0.2, 0) is 6.61 Å². The molecule has 3 aromatic rings. The molecule has 0 spiro atoms. The number of amides is 2. The first-order valence-electron chi connectivity index (χ1n) is 10.4. The number of hydrogen-bond acceptors (Lipinski definition) is 4. The lowest BCUT2D eigenvalue weighted by atomic mass is 9.89. The Morgan fingerprint density at radius 2 is 1.73 bits per heavy atom. The van der Waals surface area contributed by atoms with Crippen molar-refractivity contribution < 1.29 is 23.5 Å². The van der Waals surface area contributed by atoms with E-state index in [4.69, 9.17) is 9.47 Å². The van der Waals surface area contributed by atoms with E-state index in [2.05, 4.69) is 10.6 Å². The van der Waals surface area contributed by atoms with Crippen LogP contribution in [0.5, 0.6) is 11.5 Å². The van der Waals surface area contributed by atoms with Gasteiger partial charge >= 0.3 is 6.03 Å². The number of carbonyl (C=O) groups is 2. The van der Waals surface area contributed by atoms with Crippen LogP contribution in [0.2, 0.25) is 0 Å². The fourth-order valence-corrected chi connectivity index (χ4v) is 3.71. The van der Waals surface area contributed by atoms with Gasteiger partial charge in [0.25, 0.3) is 0 Å². The average molecular weight is 446 g/mol. The number of Topliss-reactive ketones (excluding diaryl/α,β-unsaturated/α-hetero) is 1.